The molecule has 46 heavy (non-hydrogen) atoms. The van der Waals surface area contributed by atoms with Gasteiger partial charge in [0, 0.05) is 18.0 Å². The van der Waals surface area contributed by atoms with Crippen LogP contribution in [0.25, 0.3) is 0 Å². The first-order valence-corrected chi connectivity index (χ1v) is 16.1. The first-order valence-electron chi connectivity index (χ1n) is 16.1. The number of alkyl carbamates (subject to hydrolysis) is 1. The highest BCUT2D eigenvalue weighted by molar-refractivity contribution is 5.94. The molecular weight excluding hydrogens is 586 g/mol. The average molecular weight is 638 g/mol. The zero-order chi connectivity index (χ0) is 34.2. The summed E-state index contributed by atoms with van der Waals surface area (Å²) >= 11 is 0. The molecule has 0 bridgehead atoms. The minimum absolute atomic E-state index is 0.0203. The first-order chi connectivity index (χ1) is 21.4. The molecule has 0 aliphatic heterocycles. The maximum absolute atomic E-state index is 14.5. The summed E-state index contributed by atoms with van der Waals surface area (Å²) in [5.41, 5.74) is -0.567. The molecule has 3 N–H and O–H groups in total. The highest BCUT2D eigenvalue weighted by atomic mass is 16.6. The predicted octanol–water partition coefficient (Wildman–Crippen LogP) is 5.82. The monoisotopic (exact) mass is 637 g/mol. The van der Waals surface area contributed by atoms with Gasteiger partial charge in [-0.05, 0) is 84.8 Å². The van der Waals surface area contributed by atoms with Crippen LogP contribution in [0.1, 0.15) is 98.2 Å². The topological polar surface area (TPSA) is 134 Å². The van der Waals surface area contributed by atoms with E-state index in [1.165, 1.54) is 11.0 Å². The zero-order valence-electron chi connectivity index (χ0n) is 28.5. The van der Waals surface area contributed by atoms with E-state index in [0.717, 1.165) is 12.0 Å². The van der Waals surface area contributed by atoms with Crippen molar-refractivity contribution in [1.29, 1.82) is 0 Å². The Labute approximate surface area is 273 Å². The van der Waals surface area contributed by atoms with E-state index in [1.807, 2.05) is 44.2 Å². The molecule has 3 atom stereocenters. The second-order valence-electron chi connectivity index (χ2n) is 14.4. The standard InChI is InChI=1S/C36H51N3O7/c1-23(2)21-27(38-34(44)46-36(6,7)8)32(42)39(25-17-14-18-25)30(26-19-12-13-20-29(26)40)31(41)37-28(33(43)45-35(3,4)5)22-24-15-10-9-11-16-24/h9-13,15-16,19-20,23,25,27-28,30,40H,14,17-18,21-22H2,1-8H3,(H,37,41)(H,38,44). The zero-order valence-corrected chi connectivity index (χ0v) is 28.5. The first kappa shape index (κ1) is 36.4. The van der Waals surface area contributed by atoms with E-state index in [1.54, 1.807) is 59.7 Å². The number of para-hydroxylation sites is 1. The van der Waals surface area contributed by atoms with E-state index in [4.69, 9.17) is 9.47 Å². The van der Waals surface area contributed by atoms with Gasteiger partial charge in [0.2, 0.25) is 11.8 Å². The van der Waals surface area contributed by atoms with E-state index in [0.29, 0.717) is 19.3 Å². The molecular formula is C36H51N3O7. The third-order valence-corrected chi connectivity index (χ3v) is 7.47. The maximum Gasteiger partial charge on any atom is 0.408 e. The number of benzene rings is 2. The van der Waals surface area contributed by atoms with E-state index >= 15 is 0 Å². The Kier molecular flexibility index (Phi) is 12.2. The number of carbonyl (C=O) groups is 4. The summed E-state index contributed by atoms with van der Waals surface area (Å²) in [5, 5.41) is 16.6. The minimum atomic E-state index is -1.30. The van der Waals surface area contributed by atoms with Crippen LogP contribution in [0, 0.1) is 5.92 Å². The number of nitrogens with zero attached hydrogens (tertiary/aromatic N) is 1. The van der Waals surface area contributed by atoms with Crippen molar-refractivity contribution in [3.05, 3.63) is 65.7 Å². The number of carbonyl (C=O) groups excluding carboxylic acids is 4. The summed E-state index contributed by atoms with van der Waals surface area (Å²) in [7, 11) is 0. The number of aromatic hydroxyl groups is 1. The smallest absolute Gasteiger partial charge is 0.408 e. The summed E-state index contributed by atoms with van der Waals surface area (Å²) < 4.78 is 11.2. The van der Waals surface area contributed by atoms with Crippen LogP contribution in [0.2, 0.25) is 0 Å². The van der Waals surface area contributed by atoms with Gasteiger partial charge >= 0.3 is 12.1 Å². The van der Waals surface area contributed by atoms with Crippen LogP contribution >= 0.6 is 0 Å². The van der Waals surface area contributed by atoms with E-state index < -0.39 is 53.2 Å². The number of nitrogens with one attached hydrogen (secondary N) is 2. The van der Waals surface area contributed by atoms with Gasteiger partial charge in [-0.1, -0.05) is 62.4 Å². The molecule has 10 heteroatoms. The Morgan fingerprint density at radius 1 is 0.848 bits per heavy atom. The SMILES string of the molecule is CC(C)CC(NC(=O)OC(C)(C)C)C(=O)N(C1CCC1)C(C(=O)NC(Cc1ccccc1)C(=O)OC(C)(C)C)c1ccccc1O. The third kappa shape index (κ3) is 10.8. The number of phenolic OH excluding ortho intramolecular Hbond substituents is 1. The van der Waals surface area contributed by atoms with Crippen LogP contribution in [0.3, 0.4) is 0 Å². The number of rotatable bonds is 12. The Morgan fingerprint density at radius 3 is 1.96 bits per heavy atom. The van der Waals surface area contributed by atoms with Crippen LogP contribution in [0.4, 0.5) is 4.79 Å². The fourth-order valence-electron chi connectivity index (χ4n) is 5.31. The van der Waals surface area contributed by atoms with Crippen molar-refractivity contribution in [3.8, 4) is 5.75 Å². The molecule has 10 nitrogen and oxygen atoms in total. The molecule has 0 saturated heterocycles. The van der Waals surface area contributed by atoms with Crippen LogP contribution < -0.4 is 10.6 Å². The van der Waals surface area contributed by atoms with E-state index in [2.05, 4.69) is 10.6 Å². The quantitative estimate of drug-likeness (QED) is 0.250. The summed E-state index contributed by atoms with van der Waals surface area (Å²) in [6.45, 7) is 14.3. The summed E-state index contributed by atoms with van der Waals surface area (Å²) in [4.78, 5) is 56.9. The fraction of sp³-hybridized carbons (Fsp3) is 0.556. The number of amides is 3. The van der Waals surface area contributed by atoms with E-state index in [-0.39, 0.29) is 29.7 Å². The highest BCUT2D eigenvalue weighted by Gasteiger charge is 2.44. The van der Waals surface area contributed by atoms with Gasteiger partial charge in [-0.25, -0.2) is 9.59 Å². The van der Waals surface area contributed by atoms with Gasteiger partial charge < -0.3 is 30.1 Å². The van der Waals surface area contributed by atoms with Gasteiger partial charge in [-0.2, -0.15) is 0 Å². The normalized spacial score (nSPS) is 15.6. The number of hydrogen-bond donors (Lipinski definition) is 3. The lowest BCUT2D eigenvalue weighted by Crippen LogP contribution is -2.59. The van der Waals surface area contributed by atoms with Crippen LogP contribution in [0.15, 0.2) is 54.6 Å². The van der Waals surface area contributed by atoms with Crippen molar-refractivity contribution in [2.24, 2.45) is 5.92 Å². The average Bonchev–Trinajstić information content (AvgIpc) is 2.90. The Bertz CT molecular complexity index is 1340. The van der Waals surface area contributed by atoms with Gasteiger partial charge in [0.1, 0.15) is 35.1 Å². The lowest BCUT2D eigenvalue weighted by molar-refractivity contribution is -0.159. The molecule has 2 aromatic rings. The molecule has 1 fully saturated rings. The van der Waals surface area contributed by atoms with Crippen molar-refractivity contribution >= 4 is 23.9 Å². The summed E-state index contributed by atoms with van der Waals surface area (Å²) in [6, 6.07) is 11.9. The molecule has 1 aliphatic rings. The lowest BCUT2D eigenvalue weighted by atomic mass is 9.87. The Balaban J connectivity index is 2.07. The molecule has 2 aromatic carbocycles. The van der Waals surface area contributed by atoms with Gasteiger partial charge in [-0.15, -0.1) is 0 Å². The maximum atomic E-state index is 14.5. The van der Waals surface area contributed by atoms with Gasteiger partial charge in [0.05, 0.1) is 0 Å². The molecule has 0 heterocycles. The van der Waals surface area contributed by atoms with E-state index in [9.17, 15) is 24.3 Å². The largest absolute Gasteiger partial charge is 0.508 e. The molecule has 3 rings (SSSR count). The van der Waals surface area contributed by atoms with Crippen LogP contribution in [-0.4, -0.2) is 63.2 Å². The minimum Gasteiger partial charge on any atom is -0.508 e. The van der Waals surface area contributed by atoms with Gasteiger partial charge in [-0.3, -0.25) is 9.59 Å². The number of hydrogen-bond acceptors (Lipinski definition) is 7. The fourth-order valence-corrected chi connectivity index (χ4v) is 5.31. The number of esters is 1. The van der Waals surface area contributed by atoms with Gasteiger partial charge in [0.25, 0.3) is 0 Å². The lowest BCUT2D eigenvalue weighted by Gasteiger charge is -2.44. The number of phenols is 1. The second-order valence-corrected chi connectivity index (χ2v) is 14.4. The predicted molar refractivity (Wildman–Crippen MR) is 176 cm³/mol. The summed E-state index contributed by atoms with van der Waals surface area (Å²) in [5.74, 6) is -1.88. The molecule has 1 saturated carbocycles. The molecule has 0 radical (unpaired) electrons. The third-order valence-electron chi connectivity index (χ3n) is 7.47. The van der Waals surface area contributed by atoms with Gasteiger partial charge in [0.15, 0.2) is 0 Å². The molecule has 0 spiro atoms. The molecule has 0 aromatic heterocycles. The number of ether oxygens (including phenoxy) is 2. The van der Waals surface area contributed by atoms with Crippen molar-refractivity contribution < 1.29 is 33.8 Å². The molecule has 3 unspecified atom stereocenters. The highest BCUT2D eigenvalue weighted by Crippen LogP contribution is 2.37. The summed E-state index contributed by atoms with van der Waals surface area (Å²) in [6.07, 6.45) is 1.85. The Morgan fingerprint density at radius 2 is 1.43 bits per heavy atom. The molecule has 3 amide bonds. The Hall–Kier alpha value is -4.08. The van der Waals surface area contributed by atoms with Crippen molar-refractivity contribution in [2.75, 3.05) is 0 Å². The molecule has 1 aliphatic carbocycles. The van der Waals surface area contributed by atoms with Crippen molar-refractivity contribution in [3.63, 3.8) is 0 Å². The van der Waals surface area contributed by atoms with Crippen LogP contribution in [0.5, 0.6) is 5.75 Å². The molecule has 252 valence electrons. The van der Waals surface area contributed by atoms with Crippen molar-refractivity contribution in [2.45, 2.75) is 123 Å². The van der Waals surface area contributed by atoms with Crippen LogP contribution in [-0.2, 0) is 30.3 Å². The second kappa shape index (κ2) is 15.5. The van der Waals surface area contributed by atoms with Crippen molar-refractivity contribution in [1.82, 2.24) is 15.5 Å².